The third kappa shape index (κ3) is 8.51. The van der Waals surface area contributed by atoms with E-state index in [-0.39, 0.29) is 12.6 Å². The summed E-state index contributed by atoms with van der Waals surface area (Å²) >= 11 is 0. The lowest BCUT2D eigenvalue weighted by molar-refractivity contribution is -0.108. The average Bonchev–Trinajstić information content (AvgIpc) is 2.91. The second kappa shape index (κ2) is 15.7. The molecule has 1 atom stereocenters. The van der Waals surface area contributed by atoms with Gasteiger partial charge in [0.1, 0.15) is 17.9 Å². The maximum Gasteiger partial charge on any atom is 0.213 e. The van der Waals surface area contributed by atoms with Crippen molar-refractivity contribution in [2.24, 2.45) is 5.73 Å². The summed E-state index contributed by atoms with van der Waals surface area (Å²) in [6.07, 6.45) is 9.24. The molecule has 9 nitrogen and oxygen atoms in total. The number of pyridine rings is 1. The summed E-state index contributed by atoms with van der Waals surface area (Å²) in [6, 6.07) is 5.95. The van der Waals surface area contributed by atoms with Gasteiger partial charge in [-0.1, -0.05) is 26.8 Å². The van der Waals surface area contributed by atoms with Gasteiger partial charge in [0.25, 0.3) is 0 Å². The molecule has 192 valence electrons. The van der Waals surface area contributed by atoms with Gasteiger partial charge in [-0.3, -0.25) is 0 Å². The van der Waals surface area contributed by atoms with Crippen molar-refractivity contribution in [3.8, 4) is 5.88 Å². The Balaban J connectivity index is 0.00000210. The number of anilines is 2. The molecule has 4 N–H and O–H groups in total. The first-order valence-corrected chi connectivity index (χ1v) is 12.6. The summed E-state index contributed by atoms with van der Waals surface area (Å²) in [4.78, 5) is 26.5. The van der Waals surface area contributed by atoms with Crippen LogP contribution >= 0.6 is 0 Å². The molecule has 1 unspecified atom stereocenters. The van der Waals surface area contributed by atoms with Gasteiger partial charge in [0.2, 0.25) is 5.88 Å². The van der Waals surface area contributed by atoms with E-state index in [0.717, 1.165) is 61.9 Å². The van der Waals surface area contributed by atoms with E-state index < -0.39 is 0 Å². The normalized spacial score (nSPS) is 15.7. The van der Waals surface area contributed by atoms with Crippen LogP contribution in [0.5, 0.6) is 5.88 Å². The highest BCUT2D eigenvalue weighted by atomic mass is 16.5. The number of allylic oxidation sites excluding steroid dienone is 1. The summed E-state index contributed by atoms with van der Waals surface area (Å²) in [5.41, 5.74) is 7.70. The fourth-order valence-electron chi connectivity index (χ4n) is 3.92. The first kappa shape index (κ1) is 28.0. The molecule has 0 bridgehead atoms. The van der Waals surface area contributed by atoms with Gasteiger partial charge in [-0.15, -0.1) is 0 Å². The van der Waals surface area contributed by atoms with Gasteiger partial charge in [-0.05, 0) is 37.7 Å². The zero-order chi connectivity index (χ0) is 25.5. The van der Waals surface area contributed by atoms with Crippen LogP contribution in [0.4, 0.5) is 11.6 Å². The molecule has 0 aromatic carbocycles. The van der Waals surface area contributed by atoms with Gasteiger partial charge < -0.3 is 30.6 Å². The number of carbonyl (C=O) groups is 1. The molecule has 0 saturated carbocycles. The van der Waals surface area contributed by atoms with Crippen LogP contribution in [0.15, 0.2) is 30.6 Å². The van der Waals surface area contributed by atoms with Crippen LogP contribution in [0.25, 0.3) is 5.57 Å². The number of aliphatic hydroxyl groups excluding tert-OH is 1. The lowest BCUT2D eigenvalue weighted by Gasteiger charge is -2.36. The molecular weight excluding hydrogens is 444 g/mol. The van der Waals surface area contributed by atoms with E-state index >= 15 is 0 Å². The highest BCUT2D eigenvalue weighted by Crippen LogP contribution is 2.28. The molecule has 0 amide bonds. The van der Waals surface area contributed by atoms with Gasteiger partial charge >= 0.3 is 0 Å². The number of carbonyl (C=O) groups excluding carboxylic acids is 1. The Morgan fingerprint density at radius 1 is 1.31 bits per heavy atom. The second-order valence-corrected chi connectivity index (χ2v) is 8.00. The Labute approximate surface area is 208 Å². The topological polar surface area (TPSA) is 126 Å². The van der Waals surface area contributed by atoms with Gasteiger partial charge in [0, 0.05) is 62.3 Å². The molecule has 3 rings (SSSR count). The number of rotatable bonds is 12. The minimum absolute atomic E-state index is 0.162. The van der Waals surface area contributed by atoms with Crippen LogP contribution < -0.4 is 20.7 Å². The van der Waals surface area contributed by atoms with Gasteiger partial charge in [-0.25, -0.2) is 15.0 Å². The zero-order valence-electron chi connectivity index (χ0n) is 21.2. The Bertz CT molecular complexity index is 918. The largest absolute Gasteiger partial charge is 0.477 e. The van der Waals surface area contributed by atoms with Crippen molar-refractivity contribution >= 4 is 23.5 Å². The minimum atomic E-state index is 0.162. The fourth-order valence-corrected chi connectivity index (χ4v) is 3.92. The molecule has 1 saturated heterocycles. The first-order chi connectivity index (χ1) is 17.2. The maximum absolute atomic E-state index is 10.4. The predicted molar refractivity (Wildman–Crippen MR) is 140 cm³/mol. The van der Waals surface area contributed by atoms with Crippen molar-refractivity contribution in [1.82, 2.24) is 15.0 Å². The van der Waals surface area contributed by atoms with Crippen molar-refractivity contribution in [2.75, 3.05) is 30.0 Å². The number of nitrogens with two attached hydrogens (primary N) is 1. The van der Waals surface area contributed by atoms with Gasteiger partial charge in [-0.2, -0.15) is 0 Å². The quantitative estimate of drug-likeness (QED) is 0.303. The second-order valence-electron chi connectivity index (χ2n) is 8.00. The monoisotopic (exact) mass is 484 g/mol. The molecule has 1 fully saturated rings. The van der Waals surface area contributed by atoms with Crippen molar-refractivity contribution in [1.29, 1.82) is 0 Å². The maximum atomic E-state index is 10.4. The molecule has 0 radical (unpaired) electrons. The highest BCUT2D eigenvalue weighted by molar-refractivity contribution is 5.63. The molecule has 1 aliphatic rings. The number of hydrogen-bond donors (Lipinski definition) is 3. The first-order valence-electron chi connectivity index (χ1n) is 12.6. The van der Waals surface area contributed by atoms with Crippen molar-refractivity contribution in [3.05, 3.63) is 42.0 Å². The molecule has 2 aromatic rings. The van der Waals surface area contributed by atoms with E-state index in [9.17, 15) is 9.90 Å². The molecular formula is C26H40N6O3. The van der Waals surface area contributed by atoms with E-state index in [1.165, 1.54) is 0 Å². The van der Waals surface area contributed by atoms with Crippen LogP contribution in [-0.2, 0) is 11.3 Å². The van der Waals surface area contributed by atoms with Crippen molar-refractivity contribution in [3.63, 3.8) is 0 Å². The SMILES string of the molecule is CC.CC/C(=C/N)c1nc(NCc2ccc(OCCC=O)nc2)cc(N2CCCCC2CCO)n1. The molecule has 9 heteroatoms. The summed E-state index contributed by atoms with van der Waals surface area (Å²) in [7, 11) is 0. The molecule has 0 spiro atoms. The average molecular weight is 485 g/mol. The summed E-state index contributed by atoms with van der Waals surface area (Å²) < 4.78 is 5.42. The van der Waals surface area contributed by atoms with E-state index in [4.69, 9.17) is 20.4 Å². The molecule has 2 aromatic heterocycles. The van der Waals surface area contributed by atoms with Gasteiger partial charge in [0.05, 0.1) is 6.61 Å². The Kier molecular flexibility index (Phi) is 12.5. The standard InChI is InChI=1S/C24H34N6O3.C2H6/c1-2-19(15-25)24-28-21(14-22(29-24)30-10-4-3-6-20(30)9-12-32)26-16-18-7-8-23(27-17-18)33-13-5-11-31;1-2/h7-8,11,14-15,17,20,32H,2-6,9-10,12-13,16,25H2,1H3,(H,26,28,29);1-2H3/b19-15-;. The lowest BCUT2D eigenvalue weighted by atomic mass is 9.99. The summed E-state index contributed by atoms with van der Waals surface area (Å²) in [5, 5.41) is 12.9. The van der Waals surface area contributed by atoms with Crippen molar-refractivity contribution in [2.45, 2.75) is 71.9 Å². The van der Waals surface area contributed by atoms with E-state index in [2.05, 4.69) is 15.2 Å². The van der Waals surface area contributed by atoms with Crippen LogP contribution in [0.2, 0.25) is 0 Å². The molecule has 1 aliphatic heterocycles. The van der Waals surface area contributed by atoms with Crippen LogP contribution in [0.3, 0.4) is 0 Å². The van der Waals surface area contributed by atoms with Gasteiger partial charge in [0.15, 0.2) is 5.82 Å². The third-order valence-electron chi connectivity index (χ3n) is 5.72. The fraction of sp³-hybridized carbons (Fsp3) is 0.538. The predicted octanol–water partition coefficient (Wildman–Crippen LogP) is 3.93. The number of ether oxygens (including phenoxy) is 1. The number of hydrogen-bond acceptors (Lipinski definition) is 9. The van der Waals surface area contributed by atoms with E-state index in [1.807, 2.05) is 32.9 Å². The number of aliphatic hydroxyl groups is 1. The summed E-state index contributed by atoms with van der Waals surface area (Å²) in [5.74, 6) is 2.67. The Morgan fingerprint density at radius 2 is 2.14 bits per heavy atom. The Morgan fingerprint density at radius 3 is 2.80 bits per heavy atom. The smallest absolute Gasteiger partial charge is 0.213 e. The number of piperidine rings is 1. The van der Waals surface area contributed by atoms with E-state index in [0.29, 0.717) is 37.1 Å². The lowest BCUT2D eigenvalue weighted by Crippen LogP contribution is -2.40. The number of nitrogens with zero attached hydrogens (tertiary/aromatic N) is 4. The van der Waals surface area contributed by atoms with E-state index in [1.54, 1.807) is 18.5 Å². The highest BCUT2D eigenvalue weighted by Gasteiger charge is 2.24. The van der Waals surface area contributed by atoms with Crippen LogP contribution in [-0.4, -0.2) is 52.1 Å². The van der Waals surface area contributed by atoms with Crippen molar-refractivity contribution < 1.29 is 14.6 Å². The third-order valence-corrected chi connectivity index (χ3v) is 5.72. The van der Waals surface area contributed by atoms with Crippen LogP contribution in [0, 0.1) is 0 Å². The Hall–Kier alpha value is -3.20. The number of aldehydes is 1. The van der Waals surface area contributed by atoms with Crippen LogP contribution in [0.1, 0.15) is 70.7 Å². The molecule has 0 aliphatic carbocycles. The number of nitrogens with one attached hydrogen (secondary N) is 1. The molecule has 3 heterocycles. The molecule has 35 heavy (non-hydrogen) atoms. The number of aromatic nitrogens is 3. The minimum Gasteiger partial charge on any atom is -0.477 e. The zero-order valence-corrected chi connectivity index (χ0v) is 21.2. The summed E-state index contributed by atoms with van der Waals surface area (Å²) in [6.45, 7) is 7.95.